The number of carbonyl (C=O) groups is 1. The van der Waals surface area contributed by atoms with Crippen LogP contribution < -0.4 is 10.1 Å². The van der Waals surface area contributed by atoms with E-state index in [0.29, 0.717) is 24.0 Å². The van der Waals surface area contributed by atoms with Crippen LogP contribution in [0.15, 0.2) is 40.9 Å². The molecule has 2 aromatic heterocycles. The fourth-order valence-corrected chi connectivity index (χ4v) is 2.93. The van der Waals surface area contributed by atoms with Crippen LogP contribution >= 0.6 is 11.3 Å². The number of nitrogens with zero attached hydrogens (tertiary/aromatic N) is 2. The molecule has 0 saturated heterocycles. The lowest BCUT2D eigenvalue weighted by Gasteiger charge is -2.02. The van der Waals surface area contributed by atoms with Gasteiger partial charge in [0.2, 0.25) is 11.7 Å². The van der Waals surface area contributed by atoms with Crippen molar-refractivity contribution < 1.29 is 14.1 Å². The molecule has 0 fully saturated rings. The molecule has 6 nitrogen and oxygen atoms in total. The average Bonchev–Trinajstić information content (AvgIpc) is 3.22. The first-order valence-corrected chi connectivity index (χ1v) is 7.79. The van der Waals surface area contributed by atoms with Crippen LogP contribution in [0.4, 0.5) is 0 Å². The van der Waals surface area contributed by atoms with E-state index in [0.717, 1.165) is 15.3 Å². The summed E-state index contributed by atoms with van der Waals surface area (Å²) < 4.78 is 10.7. The van der Waals surface area contributed by atoms with Crippen molar-refractivity contribution in [3.63, 3.8) is 0 Å². The average molecular weight is 329 g/mol. The van der Waals surface area contributed by atoms with Crippen molar-refractivity contribution >= 4 is 17.2 Å². The van der Waals surface area contributed by atoms with E-state index in [2.05, 4.69) is 15.5 Å². The van der Waals surface area contributed by atoms with Crippen LogP contribution in [-0.2, 0) is 11.3 Å². The van der Waals surface area contributed by atoms with Crippen molar-refractivity contribution in [3.8, 4) is 27.9 Å². The minimum absolute atomic E-state index is 0.0574. The first-order valence-electron chi connectivity index (χ1n) is 6.98. The van der Waals surface area contributed by atoms with Crippen LogP contribution in [0.25, 0.3) is 22.2 Å². The van der Waals surface area contributed by atoms with E-state index >= 15 is 0 Å². The maximum Gasteiger partial charge on any atom is 0.262 e. The first kappa shape index (κ1) is 15.2. The fraction of sp³-hybridized carbons (Fsp3) is 0.188. The zero-order chi connectivity index (χ0) is 16.2. The van der Waals surface area contributed by atoms with Gasteiger partial charge in [-0.25, -0.2) is 0 Å². The van der Waals surface area contributed by atoms with E-state index in [1.165, 1.54) is 18.3 Å². The van der Waals surface area contributed by atoms with Gasteiger partial charge < -0.3 is 14.6 Å². The SMILES string of the molecule is COc1ccccc1-c1nc(-c2ccc(CNC(C)=O)s2)no1. The molecule has 0 aliphatic carbocycles. The Morgan fingerprint density at radius 3 is 2.91 bits per heavy atom. The van der Waals surface area contributed by atoms with E-state index in [1.807, 2.05) is 36.4 Å². The second kappa shape index (κ2) is 6.62. The Kier molecular flexibility index (Phi) is 4.38. The zero-order valence-electron chi connectivity index (χ0n) is 12.7. The third kappa shape index (κ3) is 3.40. The van der Waals surface area contributed by atoms with Gasteiger partial charge in [0.05, 0.1) is 24.1 Å². The standard InChI is InChI=1S/C16H15N3O3S/c1-10(20)17-9-11-7-8-14(23-11)15-18-16(22-19-15)12-5-3-4-6-13(12)21-2/h3-8H,9H2,1-2H3,(H,17,20). The number of benzene rings is 1. The predicted octanol–water partition coefficient (Wildman–Crippen LogP) is 3.11. The summed E-state index contributed by atoms with van der Waals surface area (Å²) in [6.07, 6.45) is 0. The number of methoxy groups -OCH3 is 1. The number of nitrogens with one attached hydrogen (secondary N) is 1. The van der Waals surface area contributed by atoms with Gasteiger partial charge in [0, 0.05) is 11.8 Å². The number of amides is 1. The molecule has 3 rings (SSSR count). The van der Waals surface area contributed by atoms with Crippen molar-refractivity contribution in [2.45, 2.75) is 13.5 Å². The summed E-state index contributed by atoms with van der Waals surface area (Å²) >= 11 is 1.52. The van der Waals surface area contributed by atoms with Crippen molar-refractivity contribution in [2.24, 2.45) is 0 Å². The molecule has 1 aromatic carbocycles. The molecular weight excluding hydrogens is 314 g/mol. The van der Waals surface area contributed by atoms with E-state index < -0.39 is 0 Å². The zero-order valence-corrected chi connectivity index (χ0v) is 13.5. The monoisotopic (exact) mass is 329 g/mol. The summed E-state index contributed by atoms with van der Waals surface area (Å²) in [5.41, 5.74) is 0.753. The number of rotatable bonds is 5. The lowest BCUT2D eigenvalue weighted by Crippen LogP contribution is -2.17. The van der Waals surface area contributed by atoms with Gasteiger partial charge in [-0.15, -0.1) is 11.3 Å². The number of para-hydroxylation sites is 1. The molecular formula is C16H15N3O3S. The molecule has 0 unspecified atom stereocenters. The largest absolute Gasteiger partial charge is 0.496 e. The molecule has 0 saturated carbocycles. The minimum Gasteiger partial charge on any atom is -0.496 e. The van der Waals surface area contributed by atoms with Gasteiger partial charge in [-0.1, -0.05) is 17.3 Å². The Morgan fingerprint density at radius 2 is 2.13 bits per heavy atom. The highest BCUT2D eigenvalue weighted by molar-refractivity contribution is 7.15. The summed E-state index contributed by atoms with van der Waals surface area (Å²) in [5, 5.41) is 6.79. The molecule has 0 bridgehead atoms. The van der Waals surface area contributed by atoms with Gasteiger partial charge in [0.15, 0.2) is 0 Å². The van der Waals surface area contributed by atoms with Crippen molar-refractivity contribution in [1.29, 1.82) is 0 Å². The van der Waals surface area contributed by atoms with E-state index in [9.17, 15) is 4.79 Å². The molecule has 7 heteroatoms. The Morgan fingerprint density at radius 1 is 1.30 bits per heavy atom. The van der Waals surface area contributed by atoms with Crippen molar-refractivity contribution in [2.75, 3.05) is 7.11 Å². The molecule has 0 aliphatic rings. The van der Waals surface area contributed by atoms with E-state index in [4.69, 9.17) is 9.26 Å². The van der Waals surface area contributed by atoms with Gasteiger partial charge in [0.25, 0.3) is 5.89 Å². The number of aromatic nitrogens is 2. The van der Waals surface area contributed by atoms with Crippen LogP contribution in [-0.4, -0.2) is 23.2 Å². The Bertz CT molecular complexity index is 825. The van der Waals surface area contributed by atoms with Gasteiger partial charge in [-0.3, -0.25) is 4.79 Å². The number of hydrogen-bond acceptors (Lipinski definition) is 6. The lowest BCUT2D eigenvalue weighted by molar-refractivity contribution is -0.119. The topological polar surface area (TPSA) is 77.2 Å². The highest BCUT2D eigenvalue weighted by Crippen LogP contribution is 2.31. The number of ether oxygens (including phenoxy) is 1. The predicted molar refractivity (Wildman–Crippen MR) is 87.1 cm³/mol. The Hall–Kier alpha value is -2.67. The second-order valence-corrected chi connectivity index (χ2v) is 5.97. The van der Waals surface area contributed by atoms with Crippen molar-refractivity contribution in [3.05, 3.63) is 41.3 Å². The normalized spacial score (nSPS) is 10.5. The molecule has 1 N–H and O–H groups in total. The summed E-state index contributed by atoms with van der Waals surface area (Å²) in [5.74, 6) is 1.55. The second-order valence-electron chi connectivity index (χ2n) is 4.80. The van der Waals surface area contributed by atoms with Gasteiger partial charge in [0.1, 0.15) is 5.75 Å². The molecule has 0 aliphatic heterocycles. The maximum absolute atomic E-state index is 11.0. The molecule has 0 atom stereocenters. The Labute approximate surface area is 137 Å². The highest BCUT2D eigenvalue weighted by atomic mass is 32.1. The first-order chi connectivity index (χ1) is 11.2. The fourth-order valence-electron chi connectivity index (χ4n) is 2.06. The maximum atomic E-state index is 11.0. The van der Waals surface area contributed by atoms with Gasteiger partial charge in [-0.05, 0) is 24.3 Å². The molecule has 3 aromatic rings. The third-order valence-corrected chi connectivity index (χ3v) is 4.24. The minimum atomic E-state index is -0.0574. The van der Waals surface area contributed by atoms with Gasteiger partial charge >= 0.3 is 0 Å². The summed E-state index contributed by atoms with van der Waals surface area (Å²) in [6.45, 7) is 1.99. The number of thiophene rings is 1. The van der Waals surface area contributed by atoms with Gasteiger partial charge in [-0.2, -0.15) is 4.98 Å². The van der Waals surface area contributed by atoms with Crippen LogP contribution in [0.2, 0.25) is 0 Å². The lowest BCUT2D eigenvalue weighted by atomic mass is 10.2. The van der Waals surface area contributed by atoms with Crippen molar-refractivity contribution in [1.82, 2.24) is 15.5 Å². The molecule has 2 heterocycles. The molecule has 1 amide bonds. The number of carbonyl (C=O) groups excluding carboxylic acids is 1. The summed E-state index contributed by atoms with van der Waals surface area (Å²) in [4.78, 5) is 17.3. The smallest absolute Gasteiger partial charge is 0.262 e. The summed E-state index contributed by atoms with van der Waals surface area (Å²) in [7, 11) is 1.60. The molecule has 0 radical (unpaired) electrons. The van der Waals surface area contributed by atoms with Crippen LogP contribution in [0.3, 0.4) is 0 Å². The summed E-state index contributed by atoms with van der Waals surface area (Å²) in [6, 6.07) is 11.3. The molecule has 23 heavy (non-hydrogen) atoms. The number of hydrogen-bond donors (Lipinski definition) is 1. The van der Waals surface area contributed by atoms with E-state index in [-0.39, 0.29) is 5.91 Å². The van der Waals surface area contributed by atoms with E-state index in [1.54, 1.807) is 7.11 Å². The third-order valence-electron chi connectivity index (χ3n) is 3.16. The quantitative estimate of drug-likeness (QED) is 0.778. The Balaban J connectivity index is 1.83. The molecule has 118 valence electrons. The molecule has 0 spiro atoms. The highest BCUT2D eigenvalue weighted by Gasteiger charge is 2.15. The van der Waals surface area contributed by atoms with Crippen LogP contribution in [0.1, 0.15) is 11.8 Å². The van der Waals surface area contributed by atoms with Crippen LogP contribution in [0.5, 0.6) is 5.75 Å². The van der Waals surface area contributed by atoms with Crippen LogP contribution in [0, 0.1) is 0 Å².